The van der Waals surface area contributed by atoms with E-state index >= 15 is 0 Å². The molecule has 1 aliphatic heterocycles. The summed E-state index contributed by atoms with van der Waals surface area (Å²) in [5.74, 6) is 0.428. The van der Waals surface area contributed by atoms with Gasteiger partial charge in [0, 0.05) is 55.1 Å². The highest BCUT2D eigenvalue weighted by molar-refractivity contribution is 14.1. The number of amides is 1. The first-order chi connectivity index (χ1) is 10.5. The lowest BCUT2D eigenvalue weighted by Gasteiger charge is -2.28. The maximum Gasteiger partial charge on any atom is 0.407 e. The molecule has 2 aliphatic rings. The van der Waals surface area contributed by atoms with Crippen molar-refractivity contribution in [1.82, 2.24) is 13.7 Å². The van der Waals surface area contributed by atoms with E-state index in [1.165, 1.54) is 0 Å². The smallest absolute Gasteiger partial charge is 0.407 e. The summed E-state index contributed by atoms with van der Waals surface area (Å²) in [6.45, 7) is 2.25. The minimum absolute atomic E-state index is 0.0149. The van der Waals surface area contributed by atoms with Crippen LogP contribution in [0.5, 0.6) is 0 Å². The molecular weight excluding hydrogens is 421 g/mol. The van der Waals surface area contributed by atoms with E-state index in [9.17, 15) is 13.2 Å². The van der Waals surface area contributed by atoms with Crippen LogP contribution >= 0.6 is 22.9 Å². The SMILES string of the molecule is O=C(NCCN1CCS(=O)(=O)CC1)O[C@H]1CC[C@H](NI)CC1. The van der Waals surface area contributed by atoms with E-state index in [0.717, 1.165) is 25.7 Å². The molecule has 0 atom stereocenters. The van der Waals surface area contributed by atoms with Gasteiger partial charge in [-0.05, 0) is 25.7 Å². The number of carbonyl (C=O) groups excluding carboxylic acids is 1. The van der Waals surface area contributed by atoms with Gasteiger partial charge >= 0.3 is 6.09 Å². The van der Waals surface area contributed by atoms with Gasteiger partial charge in [-0.25, -0.2) is 13.2 Å². The third-order valence-corrected chi connectivity index (χ3v) is 6.73. The molecule has 1 saturated heterocycles. The van der Waals surface area contributed by atoms with Gasteiger partial charge in [0.05, 0.1) is 11.5 Å². The summed E-state index contributed by atoms with van der Waals surface area (Å²) in [6, 6.07) is 0.527. The van der Waals surface area contributed by atoms with Gasteiger partial charge in [-0.15, -0.1) is 0 Å². The quantitative estimate of drug-likeness (QED) is 0.479. The second-order valence-electron chi connectivity index (χ2n) is 5.91. The summed E-state index contributed by atoms with van der Waals surface area (Å²) in [4.78, 5) is 13.8. The van der Waals surface area contributed by atoms with Gasteiger partial charge < -0.3 is 10.1 Å². The van der Waals surface area contributed by atoms with Gasteiger partial charge in [-0.3, -0.25) is 8.43 Å². The summed E-state index contributed by atoms with van der Waals surface area (Å²) < 4.78 is 31.3. The van der Waals surface area contributed by atoms with Crippen LogP contribution in [0, 0.1) is 0 Å². The predicted octanol–water partition coefficient (Wildman–Crippen LogP) is 0.694. The maximum absolute atomic E-state index is 11.7. The second-order valence-corrected chi connectivity index (χ2v) is 8.83. The van der Waals surface area contributed by atoms with Crippen molar-refractivity contribution in [3.8, 4) is 0 Å². The molecule has 0 spiro atoms. The van der Waals surface area contributed by atoms with Gasteiger partial charge in [0.2, 0.25) is 0 Å². The molecule has 9 heteroatoms. The number of sulfone groups is 1. The molecule has 2 fully saturated rings. The Balaban J connectivity index is 1.57. The fourth-order valence-corrected chi connectivity index (χ4v) is 4.67. The molecule has 0 aromatic carbocycles. The van der Waals surface area contributed by atoms with E-state index in [1.54, 1.807) is 0 Å². The summed E-state index contributed by atoms with van der Waals surface area (Å²) in [6.07, 6.45) is 3.51. The third kappa shape index (κ3) is 6.17. The number of alkyl carbamates (subject to hydrolysis) is 1. The minimum atomic E-state index is -2.84. The lowest BCUT2D eigenvalue weighted by atomic mass is 9.94. The van der Waals surface area contributed by atoms with Crippen molar-refractivity contribution in [2.75, 3.05) is 37.7 Å². The summed E-state index contributed by atoms with van der Waals surface area (Å²) in [5.41, 5.74) is 0. The molecule has 0 bridgehead atoms. The van der Waals surface area contributed by atoms with Crippen molar-refractivity contribution in [2.24, 2.45) is 0 Å². The Hall–Kier alpha value is -0.130. The van der Waals surface area contributed by atoms with E-state index in [4.69, 9.17) is 4.74 Å². The molecular formula is C13H24IN3O4S. The molecule has 22 heavy (non-hydrogen) atoms. The van der Waals surface area contributed by atoms with Crippen LogP contribution in [0.3, 0.4) is 0 Å². The molecule has 128 valence electrons. The van der Waals surface area contributed by atoms with Crippen LogP contribution in [-0.4, -0.2) is 69.2 Å². The Bertz CT molecular complexity index is 452. The molecule has 0 aromatic rings. The first kappa shape index (κ1) is 18.2. The topological polar surface area (TPSA) is 87.7 Å². The molecule has 2 rings (SSSR count). The van der Waals surface area contributed by atoms with E-state index in [1.807, 2.05) is 0 Å². The summed E-state index contributed by atoms with van der Waals surface area (Å²) in [5, 5.41) is 2.75. The molecule has 0 aromatic heterocycles. The molecule has 1 heterocycles. The number of hydrogen-bond donors (Lipinski definition) is 2. The van der Waals surface area contributed by atoms with Crippen molar-refractivity contribution < 1.29 is 17.9 Å². The molecule has 7 nitrogen and oxygen atoms in total. The van der Waals surface area contributed by atoms with Gasteiger partial charge in [0.25, 0.3) is 0 Å². The van der Waals surface area contributed by atoms with Gasteiger partial charge in [-0.2, -0.15) is 0 Å². The maximum atomic E-state index is 11.7. The number of hydrogen-bond acceptors (Lipinski definition) is 6. The van der Waals surface area contributed by atoms with Crippen LogP contribution in [0.1, 0.15) is 25.7 Å². The Kier molecular flexibility index (Phi) is 7.16. The number of ether oxygens (including phenoxy) is 1. The highest BCUT2D eigenvalue weighted by atomic mass is 127. The van der Waals surface area contributed by atoms with Crippen molar-refractivity contribution in [2.45, 2.75) is 37.8 Å². The number of halogens is 1. The summed E-state index contributed by atoms with van der Waals surface area (Å²) in [7, 11) is -2.84. The zero-order valence-electron chi connectivity index (χ0n) is 12.6. The number of nitrogens with zero attached hydrogens (tertiary/aromatic N) is 1. The Morgan fingerprint density at radius 3 is 2.41 bits per heavy atom. The lowest BCUT2D eigenvalue weighted by molar-refractivity contribution is 0.0707. The van der Waals surface area contributed by atoms with Gasteiger partial charge in [0.15, 0.2) is 9.84 Å². The zero-order chi connectivity index (χ0) is 16.0. The van der Waals surface area contributed by atoms with E-state index in [-0.39, 0.29) is 23.7 Å². The normalized spacial score (nSPS) is 29.0. The molecule has 0 radical (unpaired) electrons. The fourth-order valence-electron chi connectivity index (χ4n) is 2.77. The lowest BCUT2D eigenvalue weighted by Crippen LogP contribution is -2.44. The standard InChI is InChI=1S/C13H24IN3O4S/c14-16-11-1-3-12(4-2-11)21-13(18)15-5-6-17-7-9-22(19,20)10-8-17/h11-12,16H,1-10H2,(H,15,18)/t11-,12-. The van der Waals surface area contributed by atoms with Crippen LogP contribution in [0.15, 0.2) is 0 Å². The number of carbonyl (C=O) groups is 1. The van der Waals surface area contributed by atoms with Crippen LogP contribution in [0.4, 0.5) is 4.79 Å². The van der Waals surface area contributed by atoms with Crippen LogP contribution in [-0.2, 0) is 14.6 Å². The Morgan fingerprint density at radius 2 is 1.82 bits per heavy atom. The van der Waals surface area contributed by atoms with Gasteiger partial charge in [0.1, 0.15) is 6.10 Å². The average molecular weight is 445 g/mol. The first-order valence-electron chi connectivity index (χ1n) is 7.72. The first-order valence-corrected chi connectivity index (χ1v) is 10.6. The van der Waals surface area contributed by atoms with Crippen molar-refractivity contribution in [1.29, 1.82) is 0 Å². The van der Waals surface area contributed by atoms with Gasteiger partial charge in [-0.1, -0.05) is 0 Å². The average Bonchev–Trinajstić information content (AvgIpc) is 2.50. The van der Waals surface area contributed by atoms with E-state index in [2.05, 4.69) is 36.6 Å². The zero-order valence-corrected chi connectivity index (χ0v) is 15.6. The van der Waals surface area contributed by atoms with Crippen LogP contribution < -0.4 is 8.85 Å². The third-order valence-electron chi connectivity index (χ3n) is 4.24. The van der Waals surface area contributed by atoms with Crippen LogP contribution in [0.25, 0.3) is 0 Å². The Morgan fingerprint density at radius 1 is 1.18 bits per heavy atom. The monoisotopic (exact) mass is 445 g/mol. The molecule has 2 N–H and O–H groups in total. The largest absolute Gasteiger partial charge is 0.446 e. The number of nitrogens with one attached hydrogen (secondary N) is 2. The van der Waals surface area contributed by atoms with Crippen LogP contribution in [0.2, 0.25) is 0 Å². The highest BCUT2D eigenvalue weighted by Crippen LogP contribution is 2.21. The predicted molar refractivity (Wildman–Crippen MR) is 92.8 cm³/mol. The van der Waals surface area contributed by atoms with Crippen molar-refractivity contribution in [3.05, 3.63) is 0 Å². The highest BCUT2D eigenvalue weighted by Gasteiger charge is 2.24. The molecule has 0 unspecified atom stereocenters. The molecule has 1 aliphatic carbocycles. The van der Waals surface area contributed by atoms with Crippen molar-refractivity contribution >= 4 is 38.8 Å². The second kappa shape index (κ2) is 8.65. The fraction of sp³-hybridized carbons (Fsp3) is 0.923. The Labute approximate surface area is 145 Å². The van der Waals surface area contributed by atoms with Crippen molar-refractivity contribution in [3.63, 3.8) is 0 Å². The van der Waals surface area contributed by atoms with E-state index < -0.39 is 9.84 Å². The molecule has 1 saturated carbocycles. The number of rotatable bonds is 5. The summed E-state index contributed by atoms with van der Waals surface area (Å²) >= 11 is 2.17. The minimum Gasteiger partial charge on any atom is -0.446 e. The molecule has 1 amide bonds. The van der Waals surface area contributed by atoms with E-state index in [0.29, 0.717) is 32.2 Å².